The van der Waals surface area contributed by atoms with Gasteiger partial charge in [0.1, 0.15) is 0 Å². The third-order valence-electron chi connectivity index (χ3n) is 1.71. The van der Waals surface area contributed by atoms with Crippen LogP contribution in [0.15, 0.2) is 42.7 Å². The minimum absolute atomic E-state index is 1.16. The summed E-state index contributed by atoms with van der Waals surface area (Å²) in [7, 11) is 0. The van der Waals surface area contributed by atoms with E-state index in [0.29, 0.717) is 0 Å². The van der Waals surface area contributed by atoms with Crippen LogP contribution >= 0.6 is 0 Å². The molecule has 0 aliphatic heterocycles. The van der Waals surface area contributed by atoms with E-state index < -0.39 is 0 Å². The second-order valence-electron chi connectivity index (χ2n) is 2.52. The number of fused-ring (bicyclic) bond motifs is 1. The molecule has 0 amide bonds. The quantitative estimate of drug-likeness (QED) is 0.432. The van der Waals surface area contributed by atoms with Crippen molar-refractivity contribution < 1.29 is 4.68 Å². The van der Waals surface area contributed by atoms with Gasteiger partial charge in [-0.1, -0.05) is 22.9 Å². The van der Waals surface area contributed by atoms with Crippen LogP contribution in [0, 0.1) is 0 Å². The molecule has 0 fully saturated rings. The van der Waals surface area contributed by atoms with Gasteiger partial charge in [-0.25, -0.2) is 5.84 Å². The summed E-state index contributed by atoms with van der Waals surface area (Å²) < 4.78 is 1.56. The Kier molecular flexibility index (Phi) is 1.25. The number of pyridine rings is 1. The van der Waals surface area contributed by atoms with Gasteiger partial charge in [0.15, 0.2) is 6.20 Å². The molecule has 0 spiro atoms. The predicted molar refractivity (Wildman–Crippen MR) is 44.3 cm³/mol. The van der Waals surface area contributed by atoms with Crippen LogP contribution in [0.1, 0.15) is 0 Å². The fourth-order valence-corrected chi connectivity index (χ4v) is 1.15. The molecule has 2 N–H and O–H groups in total. The number of nitrogen functional groups attached to an aromatic ring is 1. The number of benzene rings is 1. The summed E-state index contributed by atoms with van der Waals surface area (Å²) in [5, 5.41) is 2.38. The summed E-state index contributed by atoms with van der Waals surface area (Å²) in [5.41, 5.74) is 0. The number of hydrogen-bond acceptors (Lipinski definition) is 1. The third kappa shape index (κ3) is 1.03. The van der Waals surface area contributed by atoms with Crippen molar-refractivity contribution in [1.29, 1.82) is 0 Å². The van der Waals surface area contributed by atoms with Gasteiger partial charge in [-0.05, 0) is 11.5 Å². The Balaban J connectivity index is 2.83. The second kappa shape index (κ2) is 2.23. The van der Waals surface area contributed by atoms with E-state index in [4.69, 9.17) is 5.84 Å². The van der Waals surface area contributed by atoms with E-state index in [1.165, 1.54) is 5.39 Å². The molecule has 1 aromatic carbocycles. The molecule has 11 heavy (non-hydrogen) atoms. The van der Waals surface area contributed by atoms with Crippen LogP contribution in [0.5, 0.6) is 0 Å². The third-order valence-corrected chi connectivity index (χ3v) is 1.71. The normalized spacial score (nSPS) is 10.2. The SMILES string of the molecule is N[n+]1ccc2ccccc2c1. The Morgan fingerprint density at radius 2 is 1.73 bits per heavy atom. The van der Waals surface area contributed by atoms with Gasteiger partial charge in [-0.3, -0.25) is 0 Å². The van der Waals surface area contributed by atoms with Crippen LogP contribution in [0.4, 0.5) is 0 Å². The minimum Gasteiger partial charge on any atom is -0.205 e. The number of rotatable bonds is 0. The highest BCUT2D eigenvalue weighted by Gasteiger charge is 1.95. The fraction of sp³-hybridized carbons (Fsp3) is 0. The molecule has 2 nitrogen and oxygen atoms in total. The monoisotopic (exact) mass is 145 g/mol. The van der Waals surface area contributed by atoms with Crippen LogP contribution in [-0.2, 0) is 0 Å². The Morgan fingerprint density at radius 1 is 1.00 bits per heavy atom. The number of hydrogen-bond donors (Lipinski definition) is 1. The topological polar surface area (TPSA) is 29.9 Å². The smallest absolute Gasteiger partial charge is 0.205 e. The second-order valence-corrected chi connectivity index (χ2v) is 2.52. The number of aromatic nitrogens is 1. The molecule has 0 bridgehead atoms. The average molecular weight is 145 g/mol. The summed E-state index contributed by atoms with van der Waals surface area (Å²) in [6, 6.07) is 10.1. The summed E-state index contributed by atoms with van der Waals surface area (Å²) >= 11 is 0. The molecule has 0 saturated heterocycles. The summed E-state index contributed by atoms with van der Waals surface area (Å²) in [6.07, 6.45) is 3.73. The largest absolute Gasteiger partial charge is 0.206 e. The van der Waals surface area contributed by atoms with E-state index in [0.717, 1.165) is 5.39 Å². The summed E-state index contributed by atoms with van der Waals surface area (Å²) in [5.74, 6) is 5.54. The summed E-state index contributed by atoms with van der Waals surface area (Å²) in [6.45, 7) is 0. The highest BCUT2D eigenvalue weighted by Crippen LogP contribution is 2.08. The van der Waals surface area contributed by atoms with Gasteiger partial charge in [0.05, 0.1) is 0 Å². The minimum atomic E-state index is 1.16. The molecule has 0 saturated carbocycles. The van der Waals surface area contributed by atoms with E-state index in [-0.39, 0.29) is 0 Å². The van der Waals surface area contributed by atoms with Crippen molar-refractivity contribution in [3.8, 4) is 0 Å². The molecule has 1 heterocycles. The molecule has 0 unspecified atom stereocenters. The molecule has 1 aromatic heterocycles. The molecule has 0 atom stereocenters. The van der Waals surface area contributed by atoms with E-state index >= 15 is 0 Å². The zero-order valence-corrected chi connectivity index (χ0v) is 6.07. The van der Waals surface area contributed by atoms with Crippen molar-refractivity contribution in [2.24, 2.45) is 0 Å². The summed E-state index contributed by atoms with van der Waals surface area (Å²) in [4.78, 5) is 0. The molecule has 2 rings (SSSR count). The van der Waals surface area contributed by atoms with Crippen LogP contribution in [0.3, 0.4) is 0 Å². The van der Waals surface area contributed by atoms with Crippen molar-refractivity contribution in [2.45, 2.75) is 0 Å². The van der Waals surface area contributed by atoms with Gasteiger partial charge in [-0.15, -0.1) is 0 Å². The lowest BCUT2D eigenvalue weighted by molar-refractivity contribution is -0.637. The van der Waals surface area contributed by atoms with Crippen LogP contribution < -0.4 is 10.5 Å². The number of nitrogens with zero attached hydrogens (tertiary/aromatic N) is 1. The van der Waals surface area contributed by atoms with Crippen LogP contribution in [-0.4, -0.2) is 0 Å². The molecule has 0 aliphatic rings. The van der Waals surface area contributed by atoms with Crippen LogP contribution in [0.2, 0.25) is 0 Å². The number of nitrogens with two attached hydrogens (primary N) is 1. The highest BCUT2D eigenvalue weighted by molar-refractivity contribution is 5.80. The molecule has 0 aliphatic carbocycles. The maximum atomic E-state index is 5.54. The van der Waals surface area contributed by atoms with Gasteiger partial charge in [-0.2, -0.15) is 0 Å². The molecule has 54 valence electrons. The predicted octanol–water partition coefficient (Wildman–Crippen LogP) is 0.841. The van der Waals surface area contributed by atoms with E-state index in [1.54, 1.807) is 4.68 Å². The van der Waals surface area contributed by atoms with E-state index in [9.17, 15) is 0 Å². The van der Waals surface area contributed by atoms with Crippen molar-refractivity contribution >= 4 is 10.8 Å². The zero-order valence-electron chi connectivity index (χ0n) is 6.07. The first-order chi connectivity index (χ1) is 5.36. The lowest BCUT2D eigenvalue weighted by Crippen LogP contribution is -2.43. The Morgan fingerprint density at radius 3 is 2.55 bits per heavy atom. The first-order valence-corrected chi connectivity index (χ1v) is 3.51. The van der Waals surface area contributed by atoms with Crippen molar-refractivity contribution in [3.05, 3.63) is 42.7 Å². The van der Waals surface area contributed by atoms with E-state index in [1.807, 2.05) is 36.7 Å². The zero-order chi connectivity index (χ0) is 7.68. The fourth-order valence-electron chi connectivity index (χ4n) is 1.15. The first-order valence-electron chi connectivity index (χ1n) is 3.51. The highest BCUT2D eigenvalue weighted by atomic mass is 15.3. The molecular formula is C9H9N2+. The molecule has 2 aromatic rings. The Bertz CT molecular complexity index is 382. The molecule has 2 heteroatoms. The Labute approximate surface area is 64.9 Å². The lowest BCUT2D eigenvalue weighted by Gasteiger charge is -1.91. The van der Waals surface area contributed by atoms with Crippen molar-refractivity contribution in [1.82, 2.24) is 0 Å². The molecular weight excluding hydrogens is 136 g/mol. The maximum absolute atomic E-state index is 5.54. The lowest BCUT2D eigenvalue weighted by atomic mass is 10.2. The van der Waals surface area contributed by atoms with Gasteiger partial charge < -0.3 is 0 Å². The van der Waals surface area contributed by atoms with Gasteiger partial charge in [0, 0.05) is 11.5 Å². The van der Waals surface area contributed by atoms with Gasteiger partial charge in [0.2, 0.25) is 6.20 Å². The first kappa shape index (κ1) is 6.16. The van der Waals surface area contributed by atoms with Gasteiger partial charge in [0.25, 0.3) is 0 Å². The Hall–Kier alpha value is -1.57. The van der Waals surface area contributed by atoms with Gasteiger partial charge >= 0.3 is 0 Å². The standard InChI is InChI=1S/C9H9N2/c10-11-6-5-8-3-1-2-4-9(8)7-11/h1-7H,10H2/q+1. The van der Waals surface area contributed by atoms with Crippen molar-refractivity contribution in [3.63, 3.8) is 0 Å². The van der Waals surface area contributed by atoms with Crippen LogP contribution in [0.25, 0.3) is 10.8 Å². The van der Waals surface area contributed by atoms with Crippen molar-refractivity contribution in [2.75, 3.05) is 5.84 Å². The maximum Gasteiger partial charge on any atom is 0.206 e. The molecule has 0 radical (unpaired) electrons. The van der Waals surface area contributed by atoms with E-state index in [2.05, 4.69) is 6.07 Å². The average Bonchev–Trinajstić information content (AvgIpc) is 2.04.